The summed E-state index contributed by atoms with van der Waals surface area (Å²) in [7, 11) is 0.329. The molecule has 0 heterocycles. The third kappa shape index (κ3) is 8.20. The Hall–Kier alpha value is 0.0969. The number of hydrogen-bond acceptors (Lipinski definition) is 3. The van der Waals surface area contributed by atoms with Gasteiger partial charge in [-0.2, -0.15) is 0 Å². The van der Waals surface area contributed by atoms with Gasteiger partial charge in [-0.05, 0) is 13.0 Å². The first-order chi connectivity index (χ1) is 5.81. The van der Waals surface area contributed by atoms with Crippen LogP contribution < -0.4 is 0 Å². The molecule has 0 aromatic rings. The summed E-state index contributed by atoms with van der Waals surface area (Å²) in [4.78, 5) is 0. The Morgan fingerprint density at radius 3 is 2.33 bits per heavy atom. The molecule has 1 atom stereocenters. The molecule has 0 rings (SSSR count). The number of unbranched alkanes of at least 4 members (excludes halogenated alkanes) is 1. The Labute approximate surface area is 76.9 Å². The fourth-order valence-electron chi connectivity index (χ4n) is 0.739. The van der Waals surface area contributed by atoms with Crippen LogP contribution in [0.3, 0.4) is 0 Å². The molecule has 3 nitrogen and oxygen atoms in total. The van der Waals surface area contributed by atoms with Crippen LogP contribution in [-0.4, -0.2) is 36.2 Å². The van der Waals surface area contributed by atoms with Crippen molar-refractivity contribution in [2.75, 3.05) is 26.9 Å². The van der Waals surface area contributed by atoms with E-state index in [-0.39, 0.29) is 0 Å². The first-order valence-electron chi connectivity index (χ1n) is 4.53. The first-order valence-corrected chi connectivity index (χ1v) is 6.63. The molecule has 0 N–H and O–H groups in total. The predicted octanol–water partition coefficient (Wildman–Crippen LogP) is 1.32. The highest BCUT2D eigenvalue weighted by molar-refractivity contribution is 6.42. The van der Waals surface area contributed by atoms with Gasteiger partial charge in [-0.3, -0.25) is 0 Å². The smallest absolute Gasteiger partial charge is 0.318 e. The van der Waals surface area contributed by atoms with Gasteiger partial charge in [0.25, 0.3) is 0 Å². The lowest BCUT2D eigenvalue weighted by molar-refractivity contribution is 0.122. The zero-order valence-electron chi connectivity index (χ0n) is 8.34. The predicted molar refractivity (Wildman–Crippen MR) is 51.7 cm³/mol. The minimum absolute atomic E-state index is 0.661. The molecule has 0 aliphatic rings. The zero-order chi connectivity index (χ0) is 9.23. The molecule has 0 amide bonds. The van der Waals surface area contributed by atoms with Crippen LogP contribution in [0.5, 0.6) is 0 Å². The van der Waals surface area contributed by atoms with Crippen molar-refractivity contribution in [1.29, 1.82) is 0 Å². The van der Waals surface area contributed by atoms with Crippen molar-refractivity contribution in [2.45, 2.75) is 26.3 Å². The molecule has 0 saturated carbocycles. The molecule has 12 heavy (non-hydrogen) atoms. The van der Waals surface area contributed by atoms with E-state index in [2.05, 4.69) is 6.92 Å². The lowest BCUT2D eigenvalue weighted by Gasteiger charge is -2.11. The van der Waals surface area contributed by atoms with Gasteiger partial charge in [-0.1, -0.05) is 13.3 Å². The summed E-state index contributed by atoms with van der Waals surface area (Å²) in [5.41, 5.74) is 0. The standard InChI is InChI=1S/C8H20O3Si/c1-4-5-6-10-12(3)11-8-7-9-2/h12H,4-8H2,1-3H3. The molecule has 74 valence electrons. The van der Waals surface area contributed by atoms with E-state index < -0.39 is 9.28 Å². The Balaban J connectivity index is 3.04. The summed E-state index contributed by atoms with van der Waals surface area (Å²) in [6.45, 7) is 6.37. The molecule has 0 aliphatic heterocycles. The molecule has 1 unspecified atom stereocenters. The molecule has 0 fully saturated rings. The number of rotatable bonds is 8. The van der Waals surface area contributed by atoms with Crippen LogP contribution in [0.25, 0.3) is 0 Å². The molecule has 0 bridgehead atoms. The maximum atomic E-state index is 5.49. The third-order valence-electron chi connectivity index (χ3n) is 1.49. The number of hydrogen-bond donors (Lipinski definition) is 0. The summed E-state index contributed by atoms with van der Waals surface area (Å²) in [6.07, 6.45) is 2.31. The largest absolute Gasteiger partial charge is 0.397 e. The minimum Gasteiger partial charge on any atom is -0.397 e. The van der Waals surface area contributed by atoms with Crippen LogP contribution in [0.1, 0.15) is 19.8 Å². The van der Waals surface area contributed by atoms with E-state index in [4.69, 9.17) is 13.6 Å². The molecule has 4 heteroatoms. The van der Waals surface area contributed by atoms with Gasteiger partial charge in [-0.25, -0.2) is 0 Å². The highest BCUT2D eigenvalue weighted by Gasteiger charge is 2.03. The van der Waals surface area contributed by atoms with Gasteiger partial charge in [-0.15, -0.1) is 0 Å². The van der Waals surface area contributed by atoms with Crippen molar-refractivity contribution < 1.29 is 13.6 Å². The lowest BCUT2D eigenvalue weighted by Crippen LogP contribution is -2.21. The van der Waals surface area contributed by atoms with Gasteiger partial charge in [0.2, 0.25) is 0 Å². The highest BCUT2D eigenvalue weighted by Crippen LogP contribution is 1.93. The Morgan fingerprint density at radius 2 is 1.75 bits per heavy atom. The molecule has 0 aromatic carbocycles. The maximum absolute atomic E-state index is 5.49. The van der Waals surface area contributed by atoms with Crippen molar-refractivity contribution in [3.63, 3.8) is 0 Å². The molecular weight excluding hydrogens is 172 g/mol. The second-order valence-electron chi connectivity index (χ2n) is 2.66. The van der Waals surface area contributed by atoms with Crippen molar-refractivity contribution in [2.24, 2.45) is 0 Å². The second-order valence-corrected chi connectivity index (χ2v) is 4.46. The monoisotopic (exact) mass is 192 g/mol. The van der Waals surface area contributed by atoms with E-state index in [0.29, 0.717) is 13.2 Å². The quantitative estimate of drug-likeness (QED) is 0.429. The summed E-state index contributed by atoms with van der Waals surface area (Å²) < 4.78 is 15.8. The molecule has 0 radical (unpaired) electrons. The minimum atomic E-state index is -1.35. The Morgan fingerprint density at radius 1 is 1.08 bits per heavy atom. The summed E-state index contributed by atoms with van der Waals surface area (Å²) in [5, 5.41) is 0. The van der Waals surface area contributed by atoms with Crippen LogP contribution in [0.15, 0.2) is 0 Å². The van der Waals surface area contributed by atoms with E-state index in [1.165, 1.54) is 6.42 Å². The molecule has 0 aliphatic carbocycles. The summed E-state index contributed by atoms with van der Waals surface area (Å²) in [6, 6.07) is 0. The van der Waals surface area contributed by atoms with Crippen LogP contribution in [0.2, 0.25) is 6.55 Å². The normalized spacial score (nSPS) is 13.2. The molecule has 0 spiro atoms. The zero-order valence-corrected chi connectivity index (χ0v) is 9.49. The van der Waals surface area contributed by atoms with E-state index in [9.17, 15) is 0 Å². The van der Waals surface area contributed by atoms with Crippen molar-refractivity contribution in [1.82, 2.24) is 0 Å². The topological polar surface area (TPSA) is 27.7 Å². The lowest BCUT2D eigenvalue weighted by atomic mass is 10.4. The second kappa shape index (κ2) is 9.19. The fourth-order valence-corrected chi connectivity index (χ4v) is 1.76. The average Bonchev–Trinajstić information content (AvgIpc) is 2.06. The van der Waals surface area contributed by atoms with Crippen LogP contribution in [-0.2, 0) is 13.6 Å². The van der Waals surface area contributed by atoms with Gasteiger partial charge < -0.3 is 13.6 Å². The third-order valence-corrected chi connectivity index (χ3v) is 2.90. The molecule has 0 aromatic heterocycles. The van der Waals surface area contributed by atoms with Crippen LogP contribution in [0, 0.1) is 0 Å². The van der Waals surface area contributed by atoms with Crippen molar-refractivity contribution in [3.8, 4) is 0 Å². The van der Waals surface area contributed by atoms with Gasteiger partial charge in [0, 0.05) is 13.7 Å². The van der Waals surface area contributed by atoms with Gasteiger partial charge in [0.05, 0.1) is 13.2 Å². The van der Waals surface area contributed by atoms with Crippen LogP contribution in [0.4, 0.5) is 0 Å². The SMILES string of the molecule is CCCCO[SiH](C)OCCOC. The maximum Gasteiger partial charge on any atom is 0.318 e. The van der Waals surface area contributed by atoms with E-state index in [0.717, 1.165) is 13.0 Å². The number of methoxy groups -OCH3 is 1. The Kier molecular flexibility index (Phi) is 9.26. The average molecular weight is 192 g/mol. The Bertz CT molecular complexity index is 80.4. The van der Waals surface area contributed by atoms with Gasteiger partial charge >= 0.3 is 9.28 Å². The van der Waals surface area contributed by atoms with Gasteiger partial charge in [0.15, 0.2) is 0 Å². The molecule has 0 saturated heterocycles. The summed E-state index contributed by atoms with van der Waals surface area (Å²) >= 11 is 0. The van der Waals surface area contributed by atoms with Crippen LogP contribution >= 0.6 is 0 Å². The van der Waals surface area contributed by atoms with E-state index in [1.807, 2.05) is 6.55 Å². The van der Waals surface area contributed by atoms with E-state index >= 15 is 0 Å². The fraction of sp³-hybridized carbons (Fsp3) is 1.00. The van der Waals surface area contributed by atoms with Crippen molar-refractivity contribution in [3.05, 3.63) is 0 Å². The first kappa shape index (κ1) is 12.1. The number of ether oxygens (including phenoxy) is 1. The van der Waals surface area contributed by atoms with E-state index in [1.54, 1.807) is 7.11 Å². The highest BCUT2D eigenvalue weighted by atomic mass is 28.3. The van der Waals surface area contributed by atoms with Crippen molar-refractivity contribution >= 4 is 9.28 Å². The van der Waals surface area contributed by atoms with Gasteiger partial charge in [0.1, 0.15) is 0 Å². The summed E-state index contributed by atoms with van der Waals surface area (Å²) in [5.74, 6) is 0. The molecular formula is C8H20O3Si.